The zero-order valence-electron chi connectivity index (χ0n) is 9.94. The van der Waals surface area contributed by atoms with E-state index in [2.05, 4.69) is 21.2 Å². The molecule has 4 heteroatoms. The molecular weight excluding hydrogens is 306 g/mol. The van der Waals surface area contributed by atoms with Gasteiger partial charge in [-0.05, 0) is 23.8 Å². The SMILES string of the molecule is O=C1Cc2cccc(C(=O)c3ccccc3Br)c2N1. The Morgan fingerprint density at radius 2 is 1.79 bits per heavy atom. The topological polar surface area (TPSA) is 46.2 Å². The standard InChI is InChI=1S/C15H10BrNO2/c16-12-7-2-1-5-10(12)15(19)11-6-3-4-9-8-13(18)17-14(9)11/h1-7H,8H2,(H,17,18). The van der Waals surface area contributed by atoms with Crippen molar-refractivity contribution in [2.75, 3.05) is 5.32 Å². The molecule has 0 radical (unpaired) electrons. The second-order valence-corrected chi connectivity index (χ2v) is 5.23. The van der Waals surface area contributed by atoms with Crippen LogP contribution in [0.2, 0.25) is 0 Å². The van der Waals surface area contributed by atoms with Crippen LogP contribution >= 0.6 is 15.9 Å². The molecule has 1 heterocycles. The van der Waals surface area contributed by atoms with Gasteiger partial charge in [0, 0.05) is 15.6 Å². The molecule has 1 aliphatic heterocycles. The van der Waals surface area contributed by atoms with Gasteiger partial charge in [-0.1, -0.05) is 40.2 Å². The minimum Gasteiger partial charge on any atom is -0.325 e. The van der Waals surface area contributed by atoms with E-state index in [1.807, 2.05) is 30.3 Å². The third-order valence-corrected chi connectivity index (χ3v) is 3.82. The fraction of sp³-hybridized carbons (Fsp3) is 0.0667. The van der Waals surface area contributed by atoms with Crippen molar-refractivity contribution in [3.63, 3.8) is 0 Å². The number of carbonyl (C=O) groups is 2. The average molecular weight is 316 g/mol. The van der Waals surface area contributed by atoms with Crippen LogP contribution in [-0.4, -0.2) is 11.7 Å². The Labute approximate surface area is 118 Å². The van der Waals surface area contributed by atoms with Crippen molar-refractivity contribution >= 4 is 33.3 Å². The molecule has 2 aromatic carbocycles. The number of para-hydroxylation sites is 1. The minimum atomic E-state index is -0.0912. The Balaban J connectivity index is 2.10. The molecule has 1 aliphatic rings. The summed E-state index contributed by atoms with van der Waals surface area (Å²) in [6.07, 6.45) is 0.340. The molecule has 19 heavy (non-hydrogen) atoms. The van der Waals surface area contributed by atoms with Gasteiger partial charge in [0.15, 0.2) is 5.78 Å². The molecule has 0 bridgehead atoms. The molecule has 0 aromatic heterocycles. The molecule has 94 valence electrons. The lowest BCUT2D eigenvalue weighted by atomic mass is 9.99. The molecule has 0 atom stereocenters. The molecule has 2 aromatic rings. The van der Waals surface area contributed by atoms with Crippen LogP contribution in [0.4, 0.5) is 5.69 Å². The van der Waals surface area contributed by atoms with Crippen molar-refractivity contribution in [1.29, 1.82) is 0 Å². The number of amides is 1. The highest BCUT2D eigenvalue weighted by Gasteiger charge is 2.24. The molecule has 0 spiro atoms. The molecule has 3 nitrogen and oxygen atoms in total. The fourth-order valence-electron chi connectivity index (χ4n) is 2.23. The first-order valence-electron chi connectivity index (χ1n) is 5.88. The van der Waals surface area contributed by atoms with E-state index in [1.165, 1.54) is 0 Å². The molecule has 0 unspecified atom stereocenters. The zero-order chi connectivity index (χ0) is 13.4. The van der Waals surface area contributed by atoms with Crippen molar-refractivity contribution in [1.82, 2.24) is 0 Å². The highest BCUT2D eigenvalue weighted by molar-refractivity contribution is 9.10. The number of anilines is 1. The van der Waals surface area contributed by atoms with E-state index in [1.54, 1.807) is 12.1 Å². The minimum absolute atomic E-state index is 0.0672. The highest BCUT2D eigenvalue weighted by Crippen LogP contribution is 2.30. The van der Waals surface area contributed by atoms with Gasteiger partial charge in [0.2, 0.25) is 5.91 Å². The Bertz CT molecular complexity index is 694. The molecular formula is C15H10BrNO2. The molecule has 0 saturated carbocycles. The Morgan fingerprint density at radius 1 is 1.05 bits per heavy atom. The quantitative estimate of drug-likeness (QED) is 0.865. The smallest absolute Gasteiger partial charge is 0.228 e. The lowest BCUT2D eigenvalue weighted by Crippen LogP contribution is -2.08. The van der Waals surface area contributed by atoms with Gasteiger partial charge in [0.25, 0.3) is 0 Å². The maximum absolute atomic E-state index is 12.6. The normalized spacial score (nSPS) is 13.0. The van der Waals surface area contributed by atoms with Crippen molar-refractivity contribution in [3.8, 4) is 0 Å². The third kappa shape index (κ3) is 2.08. The van der Waals surface area contributed by atoms with Gasteiger partial charge in [-0.2, -0.15) is 0 Å². The summed E-state index contributed by atoms with van der Waals surface area (Å²) >= 11 is 3.38. The molecule has 1 amide bonds. The van der Waals surface area contributed by atoms with E-state index in [4.69, 9.17) is 0 Å². The van der Waals surface area contributed by atoms with E-state index >= 15 is 0 Å². The fourth-order valence-corrected chi connectivity index (χ4v) is 2.70. The second kappa shape index (κ2) is 4.63. The van der Waals surface area contributed by atoms with Crippen LogP contribution in [0.1, 0.15) is 21.5 Å². The average Bonchev–Trinajstić information content (AvgIpc) is 2.78. The van der Waals surface area contributed by atoms with Crippen LogP contribution in [0.5, 0.6) is 0 Å². The van der Waals surface area contributed by atoms with Crippen LogP contribution in [0.3, 0.4) is 0 Å². The second-order valence-electron chi connectivity index (χ2n) is 4.37. The number of carbonyl (C=O) groups excluding carboxylic acids is 2. The predicted molar refractivity (Wildman–Crippen MR) is 76.4 cm³/mol. The van der Waals surface area contributed by atoms with Crippen molar-refractivity contribution < 1.29 is 9.59 Å². The van der Waals surface area contributed by atoms with Crippen LogP contribution in [0.25, 0.3) is 0 Å². The Hall–Kier alpha value is -1.94. The summed E-state index contributed by atoms with van der Waals surface area (Å²) in [5, 5.41) is 2.76. The lowest BCUT2D eigenvalue weighted by molar-refractivity contribution is -0.115. The molecule has 3 rings (SSSR count). The summed E-state index contributed by atoms with van der Waals surface area (Å²) in [5.74, 6) is -0.158. The summed E-state index contributed by atoms with van der Waals surface area (Å²) < 4.78 is 0.752. The monoisotopic (exact) mass is 315 g/mol. The first kappa shape index (κ1) is 12.1. The summed E-state index contributed by atoms with van der Waals surface area (Å²) in [4.78, 5) is 24.0. The van der Waals surface area contributed by atoms with E-state index in [-0.39, 0.29) is 11.7 Å². The van der Waals surface area contributed by atoms with E-state index in [9.17, 15) is 9.59 Å². The number of benzene rings is 2. The highest BCUT2D eigenvalue weighted by atomic mass is 79.9. The van der Waals surface area contributed by atoms with Crippen LogP contribution in [0, 0.1) is 0 Å². The van der Waals surface area contributed by atoms with E-state index in [0.29, 0.717) is 23.2 Å². The number of rotatable bonds is 2. The van der Waals surface area contributed by atoms with Crippen LogP contribution in [-0.2, 0) is 11.2 Å². The summed E-state index contributed by atoms with van der Waals surface area (Å²) in [6.45, 7) is 0. The van der Waals surface area contributed by atoms with Gasteiger partial charge in [0.05, 0.1) is 12.1 Å². The maximum Gasteiger partial charge on any atom is 0.228 e. The van der Waals surface area contributed by atoms with Gasteiger partial charge in [0.1, 0.15) is 0 Å². The number of halogens is 1. The Kier molecular flexibility index (Phi) is 2.95. The first-order valence-corrected chi connectivity index (χ1v) is 6.67. The van der Waals surface area contributed by atoms with Crippen LogP contribution in [0.15, 0.2) is 46.9 Å². The molecule has 0 fully saturated rings. The number of fused-ring (bicyclic) bond motifs is 1. The number of nitrogens with one attached hydrogen (secondary N) is 1. The van der Waals surface area contributed by atoms with Gasteiger partial charge < -0.3 is 5.32 Å². The Morgan fingerprint density at radius 3 is 2.58 bits per heavy atom. The van der Waals surface area contributed by atoms with E-state index < -0.39 is 0 Å². The van der Waals surface area contributed by atoms with Crippen LogP contribution < -0.4 is 5.32 Å². The van der Waals surface area contributed by atoms with Gasteiger partial charge in [-0.3, -0.25) is 9.59 Å². The zero-order valence-corrected chi connectivity index (χ0v) is 11.5. The molecule has 1 N–H and O–H groups in total. The van der Waals surface area contributed by atoms with Gasteiger partial charge >= 0.3 is 0 Å². The maximum atomic E-state index is 12.6. The third-order valence-electron chi connectivity index (χ3n) is 3.13. The van der Waals surface area contributed by atoms with E-state index in [0.717, 1.165) is 10.0 Å². The molecule has 0 aliphatic carbocycles. The first-order chi connectivity index (χ1) is 9.16. The van der Waals surface area contributed by atoms with Gasteiger partial charge in [-0.15, -0.1) is 0 Å². The molecule has 0 saturated heterocycles. The largest absolute Gasteiger partial charge is 0.325 e. The number of ketones is 1. The van der Waals surface area contributed by atoms with Crippen molar-refractivity contribution in [2.45, 2.75) is 6.42 Å². The van der Waals surface area contributed by atoms with Crippen molar-refractivity contribution in [3.05, 3.63) is 63.6 Å². The van der Waals surface area contributed by atoms with Crippen molar-refractivity contribution in [2.24, 2.45) is 0 Å². The summed E-state index contributed by atoms with van der Waals surface area (Å²) in [5.41, 5.74) is 2.66. The summed E-state index contributed by atoms with van der Waals surface area (Å²) in [7, 11) is 0. The lowest BCUT2D eigenvalue weighted by Gasteiger charge is -2.08. The van der Waals surface area contributed by atoms with Gasteiger partial charge in [-0.25, -0.2) is 0 Å². The predicted octanol–water partition coefficient (Wildman–Crippen LogP) is 3.17. The number of hydrogen-bond acceptors (Lipinski definition) is 2. The number of hydrogen-bond donors (Lipinski definition) is 1. The summed E-state index contributed by atoms with van der Waals surface area (Å²) in [6, 6.07) is 12.7.